The van der Waals surface area contributed by atoms with E-state index in [-0.39, 0.29) is 18.9 Å². The second-order valence-electron chi connectivity index (χ2n) is 9.81. The van der Waals surface area contributed by atoms with Crippen molar-refractivity contribution in [1.29, 1.82) is 0 Å². The molecular formula is C27H37NO8. The van der Waals surface area contributed by atoms with Crippen LogP contribution in [0.4, 0.5) is 4.79 Å². The molecule has 1 aliphatic heterocycles. The van der Waals surface area contributed by atoms with Crippen molar-refractivity contribution in [2.75, 3.05) is 13.7 Å². The molecule has 1 aromatic rings. The molecule has 3 amide bonds. The first kappa shape index (κ1) is 27.8. The minimum Gasteiger partial charge on any atom is -0.459 e. The number of nitrogens with zero attached hydrogens (tertiary/aromatic N) is 1. The molecule has 1 aromatic heterocycles. The highest BCUT2D eigenvalue weighted by Crippen LogP contribution is 2.48. The number of carbonyl (C=O) groups excluding carboxylic acids is 3. The first-order valence-electron chi connectivity index (χ1n) is 12.5. The summed E-state index contributed by atoms with van der Waals surface area (Å²) >= 11 is 0. The van der Waals surface area contributed by atoms with Gasteiger partial charge in [-0.15, -0.1) is 0 Å². The summed E-state index contributed by atoms with van der Waals surface area (Å²) in [5.74, 6) is -2.67. The zero-order valence-electron chi connectivity index (χ0n) is 21.4. The highest BCUT2D eigenvalue weighted by Gasteiger charge is 2.57. The van der Waals surface area contributed by atoms with Gasteiger partial charge in [-0.3, -0.25) is 9.59 Å². The fourth-order valence-corrected chi connectivity index (χ4v) is 5.54. The Balaban J connectivity index is 1.88. The molecule has 0 radical (unpaired) electrons. The summed E-state index contributed by atoms with van der Waals surface area (Å²) in [6.07, 6.45) is 2.83. The van der Waals surface area contributed by atoms with E-state index in [1.807, 2.05) is 19.9 Å². The molecule has 3 rings (SSSR count). The number of carbonyl (C=O) groups is 3. The van der Waals surface area contributed by atoms with Gasteiger partial charge in [-0.25, -0.2) is 4.79 Å². The largest absolute Gasteiger partial charge is 0.459 e. The third-order valence-corrected chi connectivity index (χ3v) is 7.22. The van der Waals surface area contributed by atoms with Gasteiger partial charge in [0.15, 0.2) is 0 Å². The number of hydrogen-bond acceptors (Lipinski definition) is 8. The van der Waals surface area contributed by atoms with Crippen molar-refractivity contribution in [1.82, 2.24) is 4.90 Å². The zero-order valence-corrected chi connectivity index (χ0v) is 21.4. The summed E-state index contributed by atoms with van der Waals surface area (Å²) in [4.78, 5) is 38.7. The quantitative estimate of drug-likeness (QED) is 0.326. The van der Waals surface area contributed by atoms with Gasteiger partial charge in [-0.05, 0) is 55.4 Å². The molecule has 9 nitrogen and oxygen atoms in total. The Labute approximate surface area is 211 Å². The SMILES string of the molecule is CCC/C(=C\c1ccc(CO)o1)CC[C@@H](O)C1=C(C(C)C)C[C@H]2C(=O)N(C(=O)OC)C(=O)[C@H]2[C@H]1CO. The van der Waals surface area contributed by atoms with E-state index in [1.165, 1.54) is 0 Å². The maximum Gasteiger partial charge on any atom is 0.423 e. The molecule has 0 bridgehead atoms. The Bertz CT molecular complexity index is 1040. The van der Waals surface area contributed by atoms with E-state index in [9.17, 15) is 29.7 Å². The van der Waals surface area contributed by atoms with Crippen molar-refractivity contribution >= 4 is 24.0 Å². The highest BCUT2D eigenvalue weighted by atomic mass is 16.5. The van der Waals surface area contributed by atoms with Crippen LogP contribution in [-0.2, 0) is 20.9 Å². The van der Waals surface area contributed by atoms with Gasteiger partial charge in [0, 0.05) is 5.92 Å². The fourth-order valence-electron chi connectivity index (χ4n) is 5.54. The minimum absolute atomic E-state index is 0.0228. The van der Waals surface area contributed by atoms with Crippen LogP contribution in [0.15, 0.2) is 33.3 Å². The zero-order chi connectivity index (χ0) is 26.6. The molecule has 2 aliphatic rings. The van der Waals surface area contributed by atoms with Crippen LogP contribution in [-0.4, -0.2) is 57.9 Å². The third-order valence-electron chi connectivity index (χ3n) is 7.22. The summed E-state index contributed by atoms with van der Waals surface area (Å²) in [7, 11) is 1.11. The number of rotatable bonds is 10. The molecule has 1 aliphatic carbocycles. The lowest BCUT2D eigenvalue weighted by Gasteiger charge is -2.38. The molecule has 0 aromatic carbocycles. The number of methoxy groups -OCH3 is 1. The summed E-state index contributed by atoms with van der Waals surface area (Å²) < 4.78 is 10.2. The van der Waals surface area contributed by atoms with Crippen LogP contribution in [0.1, 0.15) is 64.4 Å². The van der Waals surface area contributed by atoms with E-state index in [4.69, 9.17) is 4.42 Å². The number of ether oxygens (including phenoxy) is 1. The molecule has 4 atom stereocenters. The average Bonchev–Trinajstić information content (AvgIpc) is 3.42. The maximum absolute atomic E-state index is 13.1. The smallest absolute Gasteiger partial charge is 0.423 e. The van der Waals surface area contributed by atoms with Gasteiger partial charge in [0.1, 0.15) is 18.1 Å². The second kappa shape index (κ2) is 12.0. The molecule has 0 spiro atoms. The number of furan rings is 1. The van der Waals surface area contributed by atoms with E-state index < -0.39 is 48.4 Å². The normalized spacial score (nSPS) is 23.5. The fraction of sp³-hybridized carbons (Fsp3) is 0.593. The standard InChI is InChI=1S/C27H37NO8/c1-5-6-16(11-17-8-9-18(13-29)36-17)7-10-22(31)23-19(15(2)3)12-20-24(21(23)14-30)26(33)28(25(20)32)27(34)35-4/h8-9,11,15,20-22,24,29-31H,5-7,10,12-14H2,1-4H3/b16-11+/t20-,21+,22-,24-/m1/s1. The van der Waals surface area contributed by atoms with E-state index in [0.717, 1.165) is 31.1 Å². The van der Waals surface area contributed by atoms with Gasteiger partial charge in [-0.2, -0.15) is 4.90 Å². The predicted octanol–water partition coefficient (Wildman–Crippen LogP) is 3.43. The lowest BCUT2D eigenvalue weighted by atomic mass is 9.66. The van der Waals surface area contributed by atoms with E-state index in [0.29, 0.717) is 34.8 Å². The number of imide groups is 3. The van der Waals surface area contributed by atoms with Crippen LogP contribution in [0.5, 0.6) is 0 Å². The van der Waals surface area contributed by atoms with Crippen LogP contribution in [0.25, 0.3) is 6.08 Å². The van der Waals surface area contributed by atoms with Gasteiger partial charge >= 0.3 is 6.09 Å². The number of aliphatic hydroxyl groups is 3. The summed E-state index contributed by atoms with van der Waals surface area (Å²) in [6, 6.07) is 3.50. The van der Waals surface area contributed by atoms with Crippen LogP contribution in [0, 0.1) is 23.7 Å². The Kier molecular flexibility index (Phi) is 9.27. The van der Waals surface area contributed by atoms with E-state index in [2.05, 4.69) is 11.7 Å². The van der Waals surface area contributed by atoms with Gasteiger partial charge in [0.25, 0.3) is 0 Å². The Morgan fingerprint density at radius 2 is 1.94 bits per heavy atom. The maximum atomic E-state index is 13.1. The van der Waals surface area contributed by atoms with Crippen molar-refractivity contribution in [3.8, 4) is 0 Å². The first-order chi connectivity index (χ1) is 17.2. The van der Waals surface area contributed by atoms with Gasteiger partial charge < -0.3 is 24.5 Å². The number of aliphatic hydroxyl groups excluding tert-OH is 3. The molecule has 2 heterocycles. The highest BCUT2D eigenvalue weighted by molar-refractivity contribution is 6.16. The van der Waals surface area contributed by atoms with Gasteiger partial charge in [-0.1, -0.05) is 38.3 Å². The van der Waals surface area contributed by atoms with Crippen LogP contribution in [0.3, 0.4) is 0 Å². The Morgan fingerprint density at radius 3 is 2.50 bits per heavy atom. The molecule has 9 heteroatoms. The van der Waals surface area contributed by atoms with Crippen molar-refractivity contribution in [3.63, 3.8) is 0 Å². The number of amides is 3. The third kappa shape index (κ3) is 5.48. The van der Waals surface area contributed by atoms with Crippen molar-refractivity contribution in [3.05, 3.63) is 40.4 Å². The molecular weight excluding hydrogens is 466 g/mol. The van der Waals surface area contributed by atoms with Crippen LogP contribution in [0.2, 0.25) is 0 Å². The Hall–Kier alpha value is -2.75. The lowest BCUT2D eigenvalue weighted by Crippen LogP contribution is -2.40. The van der Waals surface area contributed by atoms with Gasteiger partial charge in [0.2, 0.25) is 11.8 Å². The average molecular weight is 504 g/mol. The van der Waals surface area contributed by atoms with Crippen LogP contribution < -0.4 is 0 Å². The molecule has 198 valence electrons. The topological polar surface area (TPSA) is 138 Å². The lowest BCUT2D eigenvalue weighted by molar-refractivity contribution is -0.137. The Morgan fingerprint density at radius 1 is 1.22 bits per heavy atom. The summed E-state index contributed by atoms with van der Waals surface area (Å²) in [5, 5.41) is 30.9. The van der Waals surface area contributed by atoms with Crippen molar-refractivity contribution in [2.24, 2.45) is 23.7 Å². The minimum atomic E-state index is -1.03. The van der Waals surface area contributed by atoms with E-state index >= 15 is 0 Å². The molecule has 1 saturated heterocycles. The van der Waals surface area contributed by atoms with Crippen molar-refractivity contribution in [2.45, 2.75) is 65.6 Å². The second-order valence-corrected chi connectivity index (χ2v) is 9.81. The summed E-state index contributed by atoms with van der Waals surface area (Å²) in [5.41, 5.74) is 2.51. The summed E-state index contributed by atoms with van der Waals surface area (Å²) in [6.45, 7) is 5.36. The molecule has 3 N–H and O–H groups in total. The first-order valence-corrected chi connectivity index (χ1v) is 12.5. The number of likely N-dealkylation sites (tertiary alicyclic amines) is 1. The molecule has 0 unspecified atom stereocenters. The number of fused-ring (bicyclic) bond motifs is 1. The number of allylic oxidation sites excluding steroid dienone is 2. The van der Waals surface area contributed by atoms with Crippen molar-refractivity contribution < 1.29 is 38.9 Å². The molecule has 1 fully saturated rings. The van der Waals surface area contributed by atoms with E-state index in [1.54, 1.807) is 12.1 Å². The molecule has 0 saturated carbocycles. The predicted molar refractivity (Wildman–Crippen MR) is 131 cm³/mol. The monoisotopic (exact) mass is 503 g/mol. The van der Waals surface area contributed by atoms with Gasteiger partial charge in [0.05, 0.1) is 31.7 Å². The number of hydrogen-bond donors (Lipinski definition) is 3. The molecule has 36 heavy (non-hydrogen) atoms. The van der Waals surface area contributed by atoms with Crippen LogP contribution >= 0.6 is 0 Å².